The van der Waals surface area contributed by atoms with E-state index in [1.54, 1.807) is 24.4 Å². The van der Waals surface area contributed by atoms with E-state index in [4.69, 9.17) is 10.5 Å². The van der Waals surface area contributed by atoms with E-state index >= 15 is 0 Å². The number of nitrogens with zero attached hydrogens (tertiary/aromatic N) is 2. The van der Waals surface area contributed by atoms with Gasteiger partial charge < -0.3 is 26.6 Å². The van der Waals surface area contributed by atoms with Crippen molar-refractivity contribution in [2.75, 3.05) is 5.73 Å². The maximum absolute atomic E-state index is 10.9. The minimum atomic E-state index is 0. The van der Waals surface area contributed by atoms with Crippen molar-refractivity contribution in [1.29, 1.82) is 0 Å². The fraction of sp³-hybridized carbons (Fsp3) is 0.231. The third-order valence-electron chi connectivity index (χ3n) is 2.53. The molecule has 6 N–H and O–H groups in total. The van der Waals surface area contributed by atoms with E-state index in [0.717, 1.165) is 11.0 Å². The molecule has 7 nitrogen and oxygen atoms in total. The minimum absolute atomic E-state index is 0. The lowest BCUT2D eigenvalue weighted by Gasteiger charge is -2.13. The SMILES string of the molecule is CC(C)Oc1cncnc1-c1ccc(N)c([NH2+][O-])c1.O. The molecule has 0 bridgehead atoms. The molecular weight excluding hydrogens is 260 g/mol. The Hall–Kier alpha value is -2.22. The van der Waals surface area contributed by atoms with Crippen molar-refractivity contribution in [2.45, 2.75) is 20.0 Å². The van der Waals surface area contributed by atoms with Gasteiger partial charge in [0.15, 0.2) is 11.4 Å². The Kier molecular flexibility index (Phi) is 5.39. The van der Waals surface area contributed by atoms with Crippen LogP contribution in [-0.4, -0.2) is 21.5 Å². The van der Waals surface area contributed by atoms with Crippen LogP contribution in [0.15, 0.2) is 30.7 Å². The summed E-state index contributed by atoms with van der Waals surface area (Å²) in [6.07, 6.45) is 3.07. The largest absolute Gasteiger partial charge is 0.630 e. The van der Waals surface area contributed by atoms with Crippen molar-refractivity contribution in [3.05, 3.63) is 35.9 Å². The molecule has 108 valence electrons. The summed E-state index contributed by atoms with van der Waals surface area (Å²) in [6.45, 7) is 3.85. The van der Waals surface area contributed by atoms with E-state index in [2.05, 4.69) is 9.97 Å². The molecule has 1 aromatic heterocycles. The zero-order valence-corrected chi connectivity index (χ0v) is 11.3. The first-order valence-corrected chi connectivity index (χ1v) is 5.93. The minimum Gasteiger partial charge on any atom is -0.630 e. The van der Waals surface area contributed by atoms with Crippen LogP contribution in [0.1, 0.15) is 13.8 Å². The van der Waals surface area contributed by atoms with Crippen molar-refractivity contribution in [2.24, 2.45) is 0 Å². The fourth-order valence-corrected chi connectivity index (χ4v) is 1.70. The molecule has 0 unspecified atom stereocenters. The molecule has 0 spiro atoms. The summed E-state index contributed by atoms with van der Waals surface area (Å²) in [5.41, 5.74) is 8.72. The normalized spacial score (nSPS) is 10.2. The number of rotatable bonds is 4. The summed E-state index contributed by atoms with van der Waals surface area (Å²) in [5.74, 6) is 0.583. The highest BCUT2D eigenvalue weighted by molar-refractivity contribution is 5.72. The molecule has 1 heterocycles. The van der Waals surface area contributed by atoms with Crippen LogP contribution in [0.3, 0.4) is 0 Å². The average molecular weight is 278 g/mol. The molecule has 2 rings (SSSR count). The maximum atomic E-state index is 10.9. The first-order valence-electron chi connectivity index (χ1n) is 5.93. The maximum Gasteiger partial charge on any atom is 0.164 e. The van der Waals surface area contributed by atoms with Gasteiger partial charge in [-0.1, -0.05) is 6.07 Å². The number of ether oxygens (including phenoxy) is 1. The standard InChI is InChI=1S/C13H16N4O2.H2O/c1-8(2)19-12-6-15-7-16-13(12)9-3-4-10(14)11(5-9)17-18;/h3-8H,14,17H2,1-2H3;1H2. The smallest absolute Gasteiger partial charge is 0.164 e. The number of quaternary nitrogens is 1. The lowest BCUT2D eigenvalue weighted by molar-refractivity contribution is -0.496. The van der Waals surface area contributed by atoms with Crippen LogP contribution in [0.5, 0.6) is 5.75 Å². The van der Waals surface area contributed by atoms with Gasteiger partial charge in [-0.05, 0) is 19.9 Å². The molecular formula is C13H18N4O3. The lowest BCUT2D eigenvalue weighted by atomic mass is 10.1. The summed E-state index contributed by atoms with van der Waals surface area (Å²) in [7, 11) is 0. The number of hydrogen-bond donors (Lipinski definition) is 2. The predicted molar refractivity (Wildman–Crippen MR) is 76.2 cm³/mol. The van der Waals surface area contributed by atoms with Crippen molar-refractivity contribution in [3.63, 3.8) is 0 Å². The van der Waals surface area contributed by atoms with Crippen LogP contribution in [-0.2, 0) is 0 Å². The van der Waals surface area contributed by atoms with Crippen LogP contribution >= 0.6 is 0 Å². The van der Waals surface area contributed by atoms with E-state index in [0.29, 0.717) is 22.8 Å². The first kappa shape index (κ1) is 15.8. The fourth-order valence-electron chi connectivity index (χ4n) is 1.70. The van der Waals surface area contributed by atoms with Gasteiger partial charge >= 0.3 is 0 Å². The molecule has 0 aliphatic carbocycles. The molecule has 0 fully saturated rings. The molecule has 0 aliphatic rings. The van der Waals surface area contributed by atoms with Gasteiger partial charge in [-0.25, -0.2) is 9.97 Å². The molecule has 0 radical (unpaired) electrons. The Morgan fingerprint density at radius 1 is 1.35 bits per heavy atom. The van der Waals surface area contributed by atoms with Gasteiger partial charge in [-0.3, -0.25) is 0 Å². The highest BCUT2D eigenvalue weighted by atomic mass is 16.5. The van der Waals surface area contributed by atoms with Crippen LogP contribution in [0, 0.1) is 5.21 Å². The molecule has 0 saturated heterocycles. The van der Waals surface area contributed by atoms with E-state index in [1.807, 2.05) is 13.8 Å². The van der Waals surface area contributed by atoms with Gasteiger partial charge in [-0.2, -0.15) is 0 Å². The van der Waals surface area contributed by atoms with E-state index < -0.39 is 0 Å². The van der Waals surface area contributed by atoms with E-state index in [-0.39, 0.29) is 11.6 Å². The molecule has 0 atom stereocenters. The van der Waals surface area contributed by atoms with Crippen LogP contribution in [0.25, 0.3) is 11.3 Å². The first-order chi connectivity index (χ1) is 9.11. The zero-order valence-electron chi connectivity index (χ0n) is 11.3. The second kappa shape index (κ2) is 6.80. The highest BCUT2D eigenvalue weighted by Gasteiger charge is 2.12. The van der Waals surface area contributed by atoms with Crippen LogP contribution in [0.2, 0.25) is 0 Å². The number of hydrogen-bond acceptors (Lipinski definition) is 5. The molecule has 1 aromatic carbocycles. The van der Waals surface area contributed by atoms with E-state index in [1.165, 1.54) is 6.33 Å². The van der Waals surface area contributed by atoms with Gasteiger partial charge in [0.05, 0.1) is 18.0 Å². The molecule has 0 saturated carbocycles. The second-order valence-corrected chi connectivity index (χ2v) is 4.36. The third kappa shape index (κ3) is 3.41. The van der Waals surface area contributed by atoms with Gasteiger partial charge in [0.25, 0.3) is 0 Å². The predicted octanol–water partition coefficient (Wildman–Crippen LogP) is 0.381. The number of nitrogen functional groups attached to an aromatic ring is 1. The van der Waals surface area contributed by atoms with Gasteiger partial charge in [-0.15, -0.1) is 0 Å². The Balaban J connectivity index is 0.00000200. The Morgan fingerprint density at radius 2 is 2.10 bits per heavy atom. The van der Waals surface area contributed by atoms with E-state index in [9.17, 15) is 5.21 Å². The molecule has 0 aliphatic heterocycles. The average Bonchev–Trinajstić information content (AvgIpc) is 2.39. The molecule has 20 heavy (non-hydrogen) atoms. The molecule has 7 heteroatoms. The quantitative estimate of drug-likeness (QED) is 0.616. The summed E-state index contributed by atoms with van der Waals surface area (Å²) < 4.78 is 5.66. The Morgan fingerprint density at radius 3 is 2.75 bits per heavy atom. The summed E-state index contributed by atoms with van der Waals surface area (Å²) in [6, 6.07) is 5.18. The summed E-state index contributed by atoms with van der Waals surface area (Å²) in [4.78, 5) is 8.17. The van der Waals surface area contributed by atoms with Crippen LogP contribution < -0.4 is 16.0 Å². The Labute approximate surface area is 116 Å². The summed E-state index contributed by atoms with van der Waals surface area (Å²) >= 11 is 0. The second-order valence-electron chi connectivity index (χ2n) is 4.36. The monoisotopic (exact) mass is 278 g/mol. The van der Waals surface area contributed by atoms with Gasteiger partial charge in [0.2, 0.25) is 0 Å². The van der Waals surface area contributed by atoms with Crippen LogP contribution in [0.4, 0.5) is 11.4 Å². The van der Waals surface area contributed by atoms with Gasteiger partial charge in [0, 0.05) is 11.6 Å². The number of benzene rings is 1. The summed E-state index contributed by atoms with van der Waals surface area (Å²) in [5, 5.41) is 10.9. The number of aromatic nitrogens is 2. The number of anilines is 1. The molecule has 2 aromatic rings. The van der Waals surface area contributed by atoms with Crippen molar-refractivity contribution >= 4 is 11.4 Å². The molecule has 0 amide bonds. The van der Waals surface area contributed by atoms with Crippen molar-refractivity contribution < 1.29 is 15.7 Å². The third-order valence-corrected chi connectivity index (χ3v) is 2.53. The number of nitrogens with two attached hydrogens (primary N) is 2. The highest BCUT2D eigenvalue weighted by Crippen LogP contribution is 2.30. The zero-order chi connectivity index (χ0) is 13.8. The van der Waals surface area contributed by atoms with Gasteiger partial charge in [0.1, 0.15) is 12.0 Å². The van der Waals surface area contributed by atoms with Crippen molar-refractivity contribution in [3.8, 4) is 17.0 Å². The Bertz CT molecular complexity index is 575. The lowest BCUT2D eigenvalue weighted by Crippen LogP contribution is -2.70. The topological polar surface area (TPSA) is 132 Å². The van der Waals surface area contributed by atoms with Crippen molar-refractivity contribution in [1.82, 2.24) is 9.97 Å².